The highest BCUT2D eigenvalue weighted by atomic mass is 16.6. The minimum absolute atomic E-state index is 0.120. The summed E-state index contributed by atoms with van der Waals surface area (Å²) >= 11 is 0. The number of ether oxygens (including phenoxy) is 2. The Morgan fingerprint density at radius 2 is 1.80 bits per heavy atom. The lowest BCUT2D eigenvalue weighted by atomic mass is 9.70. The van der Waals surface area contributed by atoms with E-state index in [-0.39, 0.29) is 31.5 Å². The monoisotopic (exact) mass is 357 g/mol. The molecule has 1 rings (SSSR count). The quantitative estimate of drug-likeness (QED) is 0.637. The normalized spacial score (nSPS) is 22.9. The lowest BCUT2D eigenvalue weighted by Crippen LogP contribution is -2.62. The van der Waals surface area contributed by atoms with E-state index in [2.05, 4.69) is 0 Å². The molecule has 0 aromatic heterocycles. The molecule has 2 atom stereocenters. The van der Waals surface area contributed by atoms with Crippen LogP contribution in [0.3, 0.4) is 0 Å². The van der Waals surface area contributed by atoms with Crippen LogP contribution in [-0.2, 0) is 19.1 Å². The number of carboxylic acid groups (broad SMARTS) is 1. The minimum Gasteiger partial charge on any atom is -0.479 e. The lowest BCUT2D eigenvalue weighted by molar-refractivity contribution is -0.158. The number of carbonyl (C=O) groups excluding carboxylic acids is 2. The summed E-state index contributed by atoms with van der Waals surface area (Å²) in [6.07, 6.45) is 3.48. The first kappa shape index (κ1) is 21.3. The average molecular weight is 357 g/mol. The molecular weight excluding hydrogens is 326 g/mol. The Morgan fingerprint density at radius 1 is 1.12 bits per heavy atom. The van der Waals surface area contributed by atoms with Gasteiger partial charge in [-0.15, -0.1) is 0 Å². The molecule has 0 saturated heterocycles. The van der Waals surface area contributed by atoms with Gasteiger partial charge in [0.2, 0.25) is 0 Å². The summed E-state index contributed by atoms with van der Waals surface area (Å²) < 4.78 is 10.0. The van der Waals surface area contributed by atoms with Gasteiger partial charge < -0.3 is 14.6 Å². The molecule has 0 aliphatic heterocycles. The van der Waals surface area contributed by atoms with Crippen molar-refractivity contribution in [3.8, 4) is 0 Å². The third-order valence-electron chi connectivity index (χ3n) is 4.94. The smallest absolute Gasteiger partial charge is 0.410 e. The maximum atomic E-state index is 12.5. The fourth-order valence-electron chi connectivity index (χ4n) is 3.79. The van der Waals surface area contributed by atoms with Crippen molar-refractivity contribution in [1.29, 1.82) is 0 Å². The highest BCUT2D eigenvalue weighted by Gasteiger charge is 2.53. The van der Waals surface area contributed by atoms with E-state index in [0.717, 1.165) is 19.3 Å². The zero-order valence-electron chi connectivity index (χ0n) is 15.6. The van der Waals surface area contributed by atoms with E-state index in [4.69, 9.17) is 9.47 Å². The van der Waals surface area contributed by atoms with Crippen LogP contribution < -0.4 is 0 Å². The number of esters is 1. The third kappa shape index (κ3) is 5.09. The summed E-state index contributed by atoms with van der Waals surface area (Å²) in [5.74, 6) is -1.44. The summed E-state index contributed by atoms with van der Waals surface area (Å²) in [6.45, 7) is 6.03. The predicted octanol–water partition coefficient (Wildman–Crippen LogP) is 3.21. The van der Waals surface area contributed by atoms with Crippen molar-refractivity contribution in [1.82, 2.24) is 4.90 Å². The average Bonchev–Trinajstić information content (AvgIpc) is 2.58. The first-order valence-corrected chi connectivity index (χ1v) is 9.27. The zero-order valence-corrected chi connectivity index (χ0v) is 15.6. The molecular formula is C18H31NO6. The van der Waals surface area contributed by atoms with Crippen LogP contribution in [0.1, 0.15) is 65.7 Å². The van der Waals surface area contributed by atoms with Gasteiger partial charge in [0.05, 0.1) is 13.2 Å². The first-order chi connectivity index (χ1) is 11.9. The Kier molecular flexibility index (Phi) is 8.72. The minimum atomic E-state index is -1.26. The molecule has 2 unspecified atom stereocenters. The van der Waals surface area contributed by atoms with Crippen molar-refractivity contribution in [2.75, 3.05) is 19.8 Å². The highest BCUT2D eigenvalue weighted by molar-refractivity contribution is 5.85. The molecule has 1 fully saturated rings. The van der Waals surface area contributed by atoms with E-state index < -0.39 is 17.6 Å². The second kappa shape index (κ2) is 10.3. The van der Waals surface area contributed by atoms with E-state index in [1.165, 1.54) is 4.90 Å². The number of hydrogen-bond donors (Lipinski definition) is 1. The Labute approximate surface area is 149 Å². The molecule has 1 N–H and O–H groups in total. The molecule has 0 bridgehead atoms. The van der Waals surface area contributed by atoms with Crippen LogP contribution in [0.5, 0.6) is 0 Å². The van der Waals surface area contributed by atoms with Crippen molar-refractivity contribution < 1.29 is 29.0 Å². The zero-order chi connectivity index (χ0) is 18.9. The van der Waals surface area contributed by atoms with Crippen molar-refractivity contribution in [2.24, 2.45) is 5.92 Å². The molecule has 7 heteroatoms. The van der Waals surface area contributed by atoms with E-state index in [1.807, 2.05) is 6.92 Å². The third-order valence-corrected chi connectivity index (χ3v) is 4.94. The van der Waals surface area contributed by atoms with Crippen molar-refractivity contribution in [2.45, 2.75) is 71.3 Å². The number of carbonyl (C=O) groups is 3. The topological polar surface area (TPSA) is 93.1 Å². The summed E-state index contributed by atoms with van der Waals surface area (Å²) in [7, 11) is 0. The molecule has 1 aliphatic carbocycles. The van der Waals surface area contributed by atoms with Crippen molar-refractivity contribution in [3.05, 3.63) is 0 Å². The van der Waals surface area contributed by atoms with Gasteiger partial charge in [-0.25, -0.2) is 9.59 Å². The molecule has 0 aromatic carbocycles. The van der Waals surface area contributed by atoms with Crippen LogP contribution >= 0.6 is 0 Å². The van der Waals surface area contributed by atoms with Gasteiger partial charge in [0.25, 0.3) is 0 Å². The Balaban J connectivity index is 3.02. The predicted molar refractivity (Wildman–Crippen MR) is 92.2 cm³/mol. The molecule has 1 saturated carbocycles. The number of amides is 1. The first-order valence-electron chi connectivity index (χ1n) is 9.27. The van der Waals surface area contributed by atoms with Crippen LogP contribution in [-0.4, -0.2) is 53.3 Å². The fourth-order valence-corrected chi connectivity index (χ4v) is 3.79. The standard InChI is InChI=1S/C18H31NO6/c1-4-14-10-7-8-12-18(14,16(21)22)19(17(23)25-6-3)13-9-11-15(20)24-5-2/h14H,4-13H2,1-3H3,(H,21,22). The van der Waals surface area contributed by atoms with Gasteiger partial charge >= 0.3 is 18.0 Å². The number of rotatable bonds is 9. The van der Waals surface area contributed by atoms with E-state index in [9.17, 15) is 19.5 Å². The van der Waals surface area contributed by atoms with Crippen LogP contribution in [0.15, 0.2) is 0 Å². The van der Waals surface area contributed by atoms with Crippen molar-refractivity contribution in [3.63, 3.8) is 0 Å². The molecule has 1 aliphatic rings. The van der Waals surface area contributed by atoms with Gasteiger partial charge in [-0.05, 0) is 39.0 Å². The Hall–Kier alpha value is -1.79. The molecule has 0 heterocycles. The SMILES string of the molecule is CCOC(=O)CCCN(C(=O)OCC)C1(C(=O)O)CCCCC1CC. The summed E-state index contributed by atoms with van der Waals surface area (Å²) in [4.78, 5) is 37.7. The second-order valence-corrected chi connectivity index (χ2v) is 6.34. The molecule has 1 amide bonds. The van der Waals surface area contributed by atoms with E-state index in [0.29, 0.717) is 25.9 Å². The summed E-state index contributed by atoms with van der Waals surface area (Å²) in [5.41, 5.74) is -1.26. The van der Waals surface area contributed by atoms with Gasteiger partial charge in [-0.1, -0.05) is 26.2 Å². The van der Waals surface area contributed by atoms with Crippen LogP contribution in [0.2, 0.25) is 0 Å². The molecule has 7 nitrogen and oxygen atoms in total. The molecule has 0 spiro atoms. The molecule has 0 radical (unpaired) electrons. The lowest BCUT2D eigenvalue weighted by Gasteiger charge is -2.47. The Morgan fingerprint density at radius 3 is 2.36 bits per heavy atom. The van der Waals surface area contributed by atoms with Crippen LogP contribution in [0.25, 0.3) is 0 Å². The maximum Gasteiger partial charge on any atom is 0.410 e. The second-order valence-electron chi connectivity index (χ2n) is 6.34. The number of carboxylic acids is 1. The largest absolute Gasteiger partial charge is 0.479 e. The summed E-state index contributed by atoms with van der Waals surface area (Å²) in [5, 5.41) is 10.0. The maximum absolute atomic E-state index is 12.5. The van der Waals surface area contributed by atoms with Gasteiger partial charge in [-0.2, -0.15) is 0 Å². The Bertz CT molecular complexity index is 466. The van der Waals surface area contributed by atoms with Crippen LogP contribution in [0.4, 0.5) is 4.79 Å². The molecule has 25 heavy (non-hydrogen) atoms. The van der Waals surface area contributed by atoms with Gasteiger partial charge in [0.15, 0.2) is 0 Å². The number of aliphatic carboxylic acids is 1. The molecule has 0 aromatic rings. The van der Waals surface area contributed by atoms with Gasteiger partial charge in [-0.3, -0.25) is 9.69 Å². The number of nitrogens with zero attached hydrogens (tertiary/aromatic N) is 1. The van der Waals surface area contributed by atoms with Crippen molar-refractivity contribution >= 4 is 18.0 Å². The fraction of sp³-hybridized carbons (Fsp3) is 0.833. The van der Waals surface area contributed by atoms with Gasteiger partial charge in [0.1, 0.15) is 5.54 Å². The molecule has 144 valence electrons. The van der Waals surface area contributed by atoms with E-state index in [1.54, 1.807) is 13.8 Å². The summed E-state index contributed by atoms with van der Waals surface area (Å²) in [6, 6.07) is 0. The highest BCUT2D eigenvalue weighted by Crippen LogP contribution is 2.41. The van der Waals surface area contributed by atoms with Gasteiger partial charge in [0, 0.05) is 13.0 Å². The number of hydrogen-bond acceptors (Lipinski definition) is 5. The van der Waals surface area contributed by atoms with Crippen LogP contribution in [0, 0.1) is 5.92 Å². The van der Waals surface area contributed by atoms with E-state index >= 15 is 0 Å².